The van der Waals surface area contributed by atoms with E-state index in [0.717, 1.165) is 23.4 Å². The predicted molar refractivity (Wildman–Crippen MR) is 86.6 cm³/mol. The monoisotopic (exact) mass is 347 g/mol. The van der Waals surface area contributed by atoms with Gasteiger partial charge in [0, 0.05) is 16.9 Å². The standard InChI is InChI=1S/C15H22BrNO.ClH/c1-11-7-14(16)8-12(2)15(11)18-10-13-5-4-6-17(3)9-13;/h7-8,13H,4-6,9-10H2,1-3H3;1H/t13-;/m0./s1. The Balaban J connectivity index is 0.00000180. The van der Waals surface area contributed by atoms with Gasteiger partial charge >= 0.3 is 0 Å². The molecule has 2 nitrogen and oxygen atoms in total. The van der Waals surface area contributed by atoms with Crippen LogP contribution in [0, 0.1) is 19.8 Å². The minimum atomic E-state index is 0. The van der Waals surface area contributed by atoms with E-state index in [1.807, 2.05) is 0 Å². The Morgan fingerprint density at radius 2 is 1.95 bits per heavy atom. The molecule has 0 radical (unpaired) electrons. The average molecular weight is 349 g/mol. The van der Waals surface area contributed by atoms with Crippen LogP contribution < -0.4 is 4.74 Å². The molecule has 1 saturated heterocycles. The van der Waals surface area contributed by atoms with Crippen LogP contribution in [0.1, 0.15) is 24.0 Å². The van der Waals surface area contributed by atoms with E-state index in [1.54, 1.807) is 0 Å². The Kier molecular flexibility index (Phi) is 6.64. The van der Waals surface area contributed by atoms with Crippen molar-refractivity contribution in [3.63, 3.8) is 0 Å². The van der Waals surface area contributed by atoms with Gasteiger partial charge in [-0.1, -0.05) is 15.9 Å². The molecule has 0 unspecified atom stereocenters. The first-order valence-corrected chi connectivity index (χ1v) is 7.43. The molecular formula is C15H23BrClNO. The summed E-state index contributed by atoms with van der Waals surface area (Å²) in [6.07, 6.45) is 2.59. The number of hydrogen-bond acceptors (Lipinski definition) is 2. The zero-order valence-corrected chi connectivity index (χ0v) is 14.3. The maximum absolute atomic E-state index is 6.06. The second kappa shape index (κ2) is 7.51. The van der Waals surface area contributed by atoms with Crippen LogP contribution in [0.4, 0.5) is 0 Å². The first kappa shape index (κ1) is 16.8. The van der Waals surface area contributed by atoms with Gasteiger partial charge in [0.2, 0.25) is 0 Å². The van der Waals surface area contributed by atoms with E-state index in [0.29, 0.717) is 5.92 Å². The fourth-order valence-electron chi connectivity index (χ4n) is 2.74. The van der Waals surface area contributed by atoms with Gasteiger partial charge in [-0.2, -0.15) is 0 Å². The lowest BCUT2D eigenvalue weighted by atomic mass is 9.99. The summed E-state index contributed by atoms with van der Waals surface area (Å²) in [7, 11) is 2.20. The molecule has 0 N–H and O–H groups in total. The summed E-state index contributed by atoms with van der Waals surface area (Å²) >= 11 is 3.52. The summed E-state index contributed by atoms with van der Waals surface area (Å²) in [5.74, 6) is 1.73. The number of aryl methyl sites for hydroxylation is 2. The highest BCUT2D eigenvalue weighted by Gasteiger charge is 2.18. The van der Waals surface area contributed by atoms with Crippen LogP contribution in [0.2, 0.25) is 0 Å². The van der Waals surface area contributed by atoms with Crippen LogP contribution in [0.3, 0.4) is 0 Å². The SMILES string of the molecule is Cc1cc(Br)cc(C)c1OC[C@H]1CCCN(C)C1.Cl. The van der Waals surface area contributed by atoms with Gasteiger partial charge < -0.3 is 9.64 Å². The molecule has 1 aromatic carbocycles. The molecule has 19 heavy (non-hydrogen) atoms. The van der Waals surface area contributed by atoms with Crippen LogP contribution >= 0.6 is 28.3 Å². The molecule has 1 heterocycles. The van der Waals surface area contributed by atoms with Crippen molar-refractivity contribution < 1.29 is 4.74 Å². The molecule has 1 fully saturated rings. The molecule has 0 aromatic heterocycles. The molecule has 0 aliphatic carbocycles. The van der Waals surface area contributed by atoms with Crippen molar-refractivity contribution in [1.82, 2.24) is 4.90 Å². The lowest BCUT2D eigenvalue weighted by Crippen LogP contribution is -2.34. The number of piperidine rings is 1. The van der Waals surface area contributed by atoms with Crippen molar-refractivity contribution in [2.45, 2.75) is 26.7 Å². The summed E-state index contributed by atoms with van der Waals surface area (Å²) in [4.78, 5) is 2.40. The summed E-state index contributed by atoms with van der Waals surface area (Å²) in [5, 5.41) is 0. The molecule has 1 aliphatic heterocycles. The van der Waals surface area contributed by atoms with Gasteiger partial charge in [0.05, 0.1) is 6.61 Å². The average Bonchev–Trinajstić information content (AvgIpc) is 2.27. The van der Waals surface area contributed by atoms with Crippen molar-refractivity contribution in [2.24, 2.45) is 5.92 Å². The quantitative estimate of drug-likeness (QED) is 0.811. The minimum Gasteiger partial charge on any atom is -0.493 e. The summed E-state index contributed by atoms with van der Waals surface area (Å²) in [6.45, 7) is 7.45. The Morgan fingerprint density at radius 3 is 2.53 bits per heavy atom. The smallest absolute Gasteiger partial charge is 0.125 e. The predicted octanol–water partition coefficient (Wildman–Crippen LogP) is 4.21. The molecule has 2 rings (SSSR count). The van der Waals surface area contributed by atoms with Gasteiger partial charge in [-0.15, -0.1) is 12.4 Å². The second-order valence-corrected chi connectivity index (χ2v) is 6.37. The van der Waals surface area contributed by atoms with Crippen molar-refractivity contribution in [2.75, 3.05) is 26.7 Å². The van der Waals surface area contributed by atoms with Crippen LogP contribution in [-0.4, -0.2) is 31.6 Å². The molecule has 0 saturated carbocycles. The molecule has 0 bridgehead atoms. The van der Waals surface area contributed by atoms with Crippen LogP contribution in [-0.2, 0) is 0 Å². The molecule has 0 spiro atoms. The Hall–Kier alpha value is -0.250. The minimum absolute atomic E-state index is 0. The third kappa shape index (κ3) is 4.66. The molecule has 1 atom stereocenters. The molecule has 108 valence electrons. The number of halogens is 2. The molecule has 1 aliphatic rings. The van der Waals surface area contributed by atoms with E-state index < -0.39 is 0 Å². The first-order chi connectivity index (χ1) is 8.56. The second-order valence-electron chi connectivity index (χ2n) is 5.45. The van der Waals surface area contributed by atoms with E-state index in [1.165, 1.54) is 30.5 Å². The topological polar surface area (TPSA) is 12.5 Å². The van der Waals surface area contributed by atoms with Crippen molar-refractivity contribution in [3.05, 3.63) is 27.7 Å². The van der Waals surface area contributed by atoms with Crippen LogP contribution in [0.25, 0.3) is 0 Å². The molecule has 1 aromatic rings. The van der Waals surface area contributed by atoms with Crippen molar-refractivity contribution in [3.8, 4) is 5.75 Å². The van der Waals surface area contributed by atoms with Gasteiger partial charge in [-0.05, 0) is 63.5 Å². The maximum Gasteiger partial charge on any atom is 0.125 e. The van der Waals surface area contributed by atoms with Crippen LogP contribution in [0.15, 0.2) is 16.6 Å². The normalized spacial score (nSPS) is 19.9. The highest BCUT2D eigenvalue weighted by Crippen LogP contribution is 2.28. The number of benzene rings is 1. The number of nitrogens with zero attached hydrogens (tertiary/aromatic N) is 1. The zero-order chi connectivity index (χ0) is 13.1. The third-order valence-electron chi connectivity index (χ3n) is 3.61. The molecular weight excluding hydrogens is 326 g/mol. The van der Waals surface area contributed by atoms with E-state index in [-0.39, 0.29) is 12.4 Å². The lowest BCUT2D eigenvalue weighted by Gasteiger charge is -2.29. The number of hydrogen-bond donors (Lipinski definition) is 0. The summed E-state index contributed by atoms with van der Waals surface area (Å²) in [6, 6.07) is 4.24. The zero-order valence-electron chi connectivity index (χ0n) is 11.9. The Bertz CT molecular complexity index is 402. The molecule has 0 amide bonds. The number of likely N-dealkylation sites (tertiary alicyclic amines) is 1. The van der Waals surface area contributed by atoms with Gasteiger partial charge in [0.15, 0.2) is 0 Å². The van der Waals surface area contributed by atoms with Gasteiger partial charge in [0.25, 0.3) is 0 Å². The van der Waals surface area contributed by atoms with Gasteiger partial charge in [0.1, 0.15) is 5.75 Å². The van der Waals surface area contributed by atoms with E-state index in [4.69, 9.17) is 4.74 Å². The largest absolute Gasteiger partial charge is 0.493 e. The van der Waals surface area contributed by atoms with E-state index in [9.17, 15) is 0 Å². The van der Waals surface area contributed by atoms with Crippen molar-refractivity contribution in [1.29, 1.82) is 0 Å². The van der Waals surface area contributed by atoms with E-state index in [2.05, 4.69) is 53.9 Å². The highest BCUT2D eigenvalue weighted by molar-refractivity contribution is 9.10. The Morgan fingerprint density at radius 1 is 1.32 bits per heavy atom. The lowest BCUT2D eigenvalue weighted by molar-refractivity contribution is 0.149. The Labute approximate surface area is 131 Å². The van der Waals surface area contributed by atoms with Gasteiger partial charge in [-0.25, -0.2) is 0 Å². The first-order valence-electron chi connectivity index (χ1n) is 6.64. The highest BCUT2D eigenvalue weighted by atomic mass is 79.9. The summed E-state index contributed by atoms with van der Waals surface area (Å²) in [5.41, 5.74) is 2.43. The fraction of sp³-hybridized carbons (Fsp3) is 0.600. The molecule has 4 heteroatoms. The van der Waals surface area contributed by atoms with E-state index >= 15 is 0 Å². The van der Waals surface area contributed by atoms with Crippen molar-refractivity contribution >= 4 is 28.3 Å². The number of rotatable bonds is 3. The fourth-order valence-corrected chi connectivity index (χ4v) is 3.42. The third-order valence-corrected chi connectivity index (χ3v) is 4.07. The number of ether oxygens (including phenoxy) is 1. The summed E-state index contributed by atoms with van der Waals surface area (Å²) < 4.78 is 7.19. The van der Waals surface area contributed by atoms with Gasteiger partial charge in [-0.3, -0.25) is 0 Å². The van der Waals surface area contributed by atoms with Crippen LogP contribution in [0.5, 0.6) is 5.75 Å². The maximum atomic E-state index is 6.06.